The van der Waals surface area contributed by atoms with Crippen molar-refractivity contribution in [2.24, 2.45) is 11.8 Å². The Labute approximate surface area is 183 Å². The zero-order valence-corrected chi connectivity index (χ0v) is 21.3. The molecule has 0 bridgehead atoms. The second-order valence-corrected chi connectivity index (χ2v) is 7.79. The second-order valence-electron chi connectivity index (χ2n) is 7.79. The smallest absolute Gasteiger partial charge is 0.223 e. The average molecular weight is 406 g/mol. The normalized spacial score (nSPS) is 27.4. The van der Waals surface area contributed by atoms with Crippen LogP contribution in [0.1, 0.15) is 108 Å². The molecule has 1 amide bonds. The van der Waals surface area contributed by atoms with Gasteiger partial charge in [0.2, 0.25) is 5.91 Å². The number of likely N-dealkylation sites (tertiary alicyclic amines) is 1. The molecule has 3 atom stereocenters. The lowest BCUT2D eigenvalue weighted by molar-refractivity contribution is -0.136. The molecular weight excluding hydrogens is 354 g/mol. The number of allylic oxidation sites excluding steroid dienone is 4. The highest BCUT2D eigenvalue weighted by Crippen LogP contribution is 2.45. The molecule has 1 aliphatic carbocycles. The zero-order valence-electron chi connectivity index (χ0n) is 21.3. The SMILES string of the molecule is C/C=C\C.C/C=C\C(=C/C)C1(N2CCCC(C)CC2=O)CCC(C)C1.CC.CC. The summed E-state index contributed by atoms with van der Waals surface area (Å²) < 4.78 is 0. The molecule has 170 valence electrons. The fraction of sp³-hybridized carbons (Fsp3) is 0.741. The molecular formula is C27H51NO. The summed E-state index contributed by atoms with van der Waals surface area (Å²) in [6.45, 7) is 21.7. The van der Waals surface area contributed by atoms with Gasteiger partial charge in [-0.05, 0) is 77.2 Å². The van der Waals surface area contributed by atoms with E-state index < -0.39 is 0 Å². The Morgan fingerprint density at radius 2 is 1.52 bits per heavy atom. The Morgan fingerprint density at radius 3 is 1.93 bits per heavy atom. The van der Waals surface area contributed by atoms with Crippen molar-refractivity contribution in [3.63, 3.8) is 0 Å². The van der Waals surface area contributed by atoms with Crippen LogP contribution in [0.15, 0.2) is 36.0 Å². The highest BCUT2D eigenvalue weighted by atomic mass is 16.2. The number of rotatable bonds is 3. The summed E-state index contributed by atoms with van der Waals surface area (Å²) in [5, 5.41) is 0. The lowest BCUT2D eigenvalue weighted by Crippen LogP contribution is -2.51. The number of carbonyl (C=O) groups is 1. The Bertz CT molecular complexity index is 499. The molecule has 2 heteroatoms. The van der Waals surface area contributed by atoms with Crippen LogP contribution in [0.25, 0.3) is 0 Å². The van der Waals surface area contributed by atoms with Gasteiger partial charge in [-0.2, -0.15) is 0 Å². The third kappa shape index (κ3) is 9.36. The summed E-state index contributed by atoms with van der Waals surface area (Å²) in [5.41, 5.74) is 1.30. The summed E-state index contributed by atoms with van der Waals surface area (Å²) in [7, 11) is 0. The first-order valence-corrected chi connectivity index (χ1v) is 12.1. The lowest BCUT2D eigenvalue weighted by atomic mass is 9.84. The van der Waals surface area contributed by atoms with Crippen molar-refractivity contribution >= 4 is 5.91 Å². The molecule has 1 saturated carbocycles. The summed E-state index contributed by atoms with van der Waals surface area (Å²) >= 11 is 0. The van der Waals surface area contributed by atoms with Gasteiger partial charge in [-0.15, -0.1) is 0 Å². The molecule has 0 N–H and O–H groups in total. The fourth-order valence-electron chi connectivity index (χ4n) is 4.31. The van der Waals surface area contributed by atoms with E-state index in [2.05, 4.69) is 50.8 Å². The number of hydrogen-bond donors (Lipinski definition) is 0. The Morgan fingerprint density at radius 1 is 0.931 bits per heavy atom. The minimum atomic E-state index is -0.0399. The van der Waals surface area contributed by atoms with Gasteiger partial charge in [0.15, 0.2) is 0 Å². The molecule has 0 radical (unpaired) electrons. The Kier molecular flexibility index (Phi) is 18.1. The first-order valence-electron chi connectivity index (χ1n) is 12.1. The van der Waals surface area contributed by atoms with Crippen molar-refractivity contribution in [3.8, 4) is 0 Å². The van der Waals surface area contributed by atoms with Gasteiger partial charge in [0.05, 0.1) is 5.54 Å². The van der Waals surface area contributed by atoms with Crippen LogP contribution >= 0.6 is 0 Å². The summed E-state index contributed by atoms with van der Waals surface area (Å²) in [5.74, 6) is 1.62. The molecule has 2 aliphatic rings. The molecule has 0 aromatic heterocycles. The van der Waals surface area contributed by atoms with E-state index in [1.165, 1.54) is 18.4 Å². The van der Waals surface area contributed by atoms with Crippen molar-refractivity contribution < 1.29 is 4.79 Å². The van der Waals surface area contributed by atoms with Crippen LogP contribution < -0.4 is 0 Å². The first kappa shape index (κ1) is 29.9. The van der Waals surface area contributed by atoms with Crippen molar-refractivity contribution in [1.82, 2.24) is 4.90 Å². The average Bonchev–Trinajstić information content (AvgIpc) is 3.05. The predicted molar refractivity (Wildman–Crippen MR) is 132 cm³/mol. The number of nitrogens with zero attached hydrogens (tertiary/aromatic N) is 1. The predicted octanol–water partition coefficient (Wildman–Crippen LogP) is 8.35. The zero-order chi connectivity index (χ0) is 22.9. The molecule has 0 aromatic rings. The quantitative estimate of drug-likeness (QED) is 0.341. The molecule has 0 spiro atoms. The van der Waals surface area contributed by atoms with Gasteiger partial charge >= 0.3 is 0 Å². The van der Waals surface area contributed by atoms with E-state index in [0.29, 0.717) is 17.7 Å². The lowest BCUT2D eigenvalue weighted by Gasteiger charge is -2.43. The molecule has 2 fully saturated rings. The maximum Gasteiger partial charge on any atom is 0.223 e. The van der Waals surface area contributed by atoms with E-state index in [-0.39, 0.29) is 5.54 Å². The van der Waals surface area contributed by atoms with Crippen LogP contribution in [0.3, 0.4) is 0 Å². The van der Waals surface area contributed by atoms with Gasteiger partial charge in [-0.3, -0.25) is 4.79 Å². The first-order chi connectivity index (χ1) is 13.9. The molecule has 2 rings (SSSR count). The van der Waals surface area contributed by atoms with Gasteiger partial charge in [0.25, 0.3) is 0 Å². The summed E-state index contributed by atoms with van der Waals surface area (Å²) in [4.78, 5) is 15.1. The molecule has 2 nitrogen and oxygen atoms in total. The van der Waals surface area contributed by atoms with Gasteiger partial charge < -0.3 is 4.90 Å². The van der Waals surface area contributed by atoms with Crippen LogP contribution in [0, 0.1) is 11.8 Å². The van der Waals surface area contributed by atoms with Crippen molar-refractivity contribution in [2.45, 2.75) is 113 Å². The molecule has 29 heavy (non-hydrogen) atoms. The van der Waals surface area contributed by atoms with Crippen molar-refractivity contribution in [3.05, 3.63) is 36.0 Å². The van der Waals surface area contributed by atoms with Crippen molar-refractivity contribution in [1.29, 1.82) is 0 Å². The number of amides is 1. The van der Waals surface area contributed by atoms with Crippen LogP contribution in [0.2, 0.25) is 0 Å². The maximum atomic E-state index is 12.8. The van der Waals surface area contributed by atoms with Crippen molar-refractivity contribution in [2.75, 3.05) is 6.54 Å². The number of carbonyl (C=O) groups excluding carboxylic acids is 1. The largest absolute Gasteiger partial charge is 0.333 e. The van der Waals surface area contributed by atoms with E-state index in [1.807, 2.05) is 53.7 Å². The molecule has 0 aromatic carbocycles. The van der Waals surface area contributed by atoms with Crippen LogP contribution in [-0.2, 0) is 4.79 Å². The molecule has 1 saturated heterocycles. The van der Waals surface area contributed by atoms with Crippen LogP contribution in [0.5, 0.6) is 0 Å². The third-order valence-electron chi connectivity index (χ3n) is 5.68. The molecule has 1 aliphatic heterocycles. The fourth-order valence-corrected chi connectivity index (χ4v) is 4.31. The monoisotopic (exact) mass is 405 g/mol. The minimum absolute atomic E-state index is 0.0399. The van der Waals surface area contributed by atoms with Gasteiger partial charge in [-0.25, -0.2) is 0 Å². The summed E-state index contributed by atoms with van der Waals surface area (Å²) in [6.07, 6.45) is 17.1. The Balaban J connectivity index is 0. The van der Waals surface area contributed by atoms with E-state index in [4.69, 9.17) is 0 Å². The topological polar surface area (TPSA) is 20.3 Å². The van der Waals surface area contributed by atoms with Crippen LogP contribution in [0.4, 0.5) is 0 Å². The standard InChI is InChI=1S/C19H31NO.C4H8.2C2H6/c1-5-8-17(6-2)19(11-10-16(4)14-19)20-12-7-9-15(3)13-18(20)21;1-3-4-2;2*1-2/h5-6,8,15-16H,7,9-14H2,1-4H3;3-4H,1-2H3;2*1-2H3/b8-5-,17-6+;4-3-;;. The van der Waals surface area contributed by atoms with Gasteiger partial charge in [0.1, 0.15) is 0 Å². The molecule has 3 unspecified atom stereocenters. The number of hydrogen-bond acceptors (Lipinski definition) is 1. The summed E-state index contributed by atoms with van der Waals surface area (Å²) in [6, 6.07) is 0. The second kappa shape index (κ2) is 17.5. The maximum absolute atomic E-state index is 12.8. The van der Waals surface area contributed by atoms with Crippen LogP contribution in [-0.4, -0.2) is 22.9 Å². The van der Waals surface area contributed by atoms with E-state index in [9.17, 15) is 4.79 Å². The van der Waals surface area contributed by atoms with E-state index in [1.54, 1.807) is 0 Å². The van der Waals surface area contributed by atoms with E-state index >= 15 is 0 Å². The Hall–Kier alpha value is -1.31. The highest BCUT2D eigenvalue weighted by Gasteiger charge is 2.46. The molecule has 1 heterocycles. The van der Waals surface area contributed by atoms with Gasteiger partial charge in [0, 0.05) is 13.0 Å². The van der Waals surface area contributed by atoms with E-state index in [0.717, 1.165) is 32.2 Å². The van der Waals surface area contributed by atoms with Gasteiger partial charge in [-0.1, -0.05) is 71.9 Å². The highest BCUT2D eigenvalue weighted by molar-refractivity contribution is 5.78. The minimum Gasteiger partial charge on any atom is -0.333 e. The third-order valence-corrected chi connectivity index (χ3v) is 5.68.